The van der Waals surface area contributed by atoms with Crippen molar-refractivity contribution in [3.8, 4) is 5.75 Å². The van der Waals surface area contributed by atoms with Gasteiger partial charge < -0.3 is 14.5 Å². The lowest BCUT2D eigenvalue weighted by Crippen LogP contribution is -2.12. The van der Waals surface area contributed by atoms with Crippen LogP contribution in [-0.4, -0.2) is 13.0 Å². The molecule has 0 unspecified atom stereocenters. The number of methoxy groups -OCH3 is 1. The van der Waals surface area contributed by atoms with Crippen molar-refractivity contribution < 1.29 is 13.9 Å². The third-order valence-corrected chi connectivity index (χ3v) is 4.70. The summed E-state index contributed by atoms with van der Waals surface area (Å²) in [6, 6.07) is 13.5. The van der Waals surface area contributed by atoms with E-state index in [0.717, 1.165) is 28.8 Å². The molecule has 0 bridgehead atoms. The fourth-order valence-corrected chi connectivity index (χ4v) is 2.86. The molecule has 0 spiro atoms. The van der Waals surface area contributed by atoms with Crippen molar-refractivity contribution >= 4 is 22.6 Å². The van der Waals surface area contributed by atoms with E-state index in [2.05, 4.69) is 31.3 Å². The summed E-state index contributed by atoms with van der Waals surface area (Å²) < 4.78 is 11.0. The molecule has 2 aromatic carbocycles. The van der Waals surface area contributed by atoms with Gasteiger partial charge in [0.15, 0.2) is 5.76 Å². The van der Waals surface area contributed by atoms with Crippen molar-refractivity contribution in [1.82, 2.24) is 0 Å². The summed E-state index contributed by atoms with van der Waals surface area (Å²) in [6.45, 7) is 6.24. The van der Waals surface area contributed by atoms with E-state index < -0.39 is 0 Å². The molecule has 3 rings (SSSR count). The van der Waals surface area contributed by atoms with Gasteiger partial charge in [0.25, 0.3) is 5.91 Å². The number of ether oxygens (including phenoxy) is 1. The van der Waals surface area contributed by atoms with Crippen LogP contribution in [0.15, 0.2) is 46.9 Å². The first-order valence-corrected chi connectivity index (χ1v) is 8.52. The van der Waals surface area contributed by atoms with Gasteiger partial charge in [-0.1, -0.05) is 26.0 Å². The van der Waals surface area contributed by atoms with E-state index in [1.165, 1.54) is 5.56 Å². The normalized spacial score (nSPS) is 12.2. The number of hydrogen-bond donors (Lipinski definition) is 1. The number of rotatable bonds is 5. The SMILES string of the molecule is CC[C@H](C)c1ccc(NC(=O)c2oc3ccc(OC)cc3c2C)cc1. The van der Waals surface area contributed by atoms with Crippen LogP contribution in [0.5, 0.6) is 5.75 Å². The molecule has 1 heterocycles. The number of benzene rings is 2. The molecule has 0 aliphatic heterocycles. The highest BCUT2D eigenvalue weighted by Crippen LogP contribution is 2.29. The fraction of sp³-hybridized carbons (Fsp3) is 0.286. The summed E-state index contributed by atoms with van der Waals surface area (Å²) in [5.41, 5.74) is 3.51. The highest BCUT2D eigenvalue weighted by Gasteiger charge is 2.18. The molecule has 0 radical (unpaired) electrons. The van der Waals surface area contributed by atoms with Crippen molar-refractivity contribution in [3.63, 3.8) is 0 Å². The van der Waals surface area contributed by atoms with Crippen LogP contribution in [0.25, 0.3) is 11.0 Å². The summed E-state index contributed by atoms with van der Waals surface area (Å²) in [5.74, 6) is 1.33. The monoisotopic (exact) mass is 337 g/mol. The Bertz CT molecular complexity index is 893. The molecule has 0 saturated carbocycles. The highest BCUT2D eigenvalue weighted by atomic mass is 16.5. The molecule has 0 fully saturated rings. The lowest BCUT2D eigenvalue weighted by atomic mass is 9.99. The minimum atomic E-state index is -0.246. The van der Waals surface area contributed by atoms with Crippen molar-refractivity contribution in [3.05, 3.63) is 59.4 Å². The fourth-order valence-electron chi connectivity index (χ4n) is 2.86. The summed E-state index contributed by atoms with van der Waals surface area (Å²) in [5, 5.41) is 3.79. The molecule has 4 heteroatoms. The van der Waals surface area contributed by atoms with Crippen LogP contribution in [0.1, 0.15) is 47.9 Å². The standard InChI is InChI=1S/C21H23NO3/c1-5-13(2)15-6-8-16(9-7-15)22-21(23)20-14(3)18-12-17(24-4)10-11-19(18)25-20/h6-13H,5H2,1-4H3,(H,22,23)/t13-/m0/s1. The second kappa shape index (κ2) is 7.01. The van der Waals surface area contributed by atoms with Crippen molar-refractivity contribution in [1.29, 1.82) is 0 Å². The van der Waals surface area contributed by atoms with Crippen LogP contribution < -0.4 is 10.1 Å². The number of amides is 1. The smallest absolute Gasteiger partial charge is 0.291 e. The van der Waals surface area contributed by atoms with Gasteiger partial charge in [-0.3, -0.25) is 4.79 Å². The topological polar surface area (TPSA) is 51.5 Å². The van der Waals surface area contributed by atoms with Crippen LogP contribution >= 0.6 is 0 Å². The van der Waals surface area contributed by atoms with Crippen LogP contribution in [0, 0.1) is 6.92 Å². The number of hydrogen-bond acceptors (Lipinski definition) is 3. The second-order valence-corrected chi connectivity index (χ2v) is 6.30. The summed E-state index contributed by atoms with van der Waals surface area (Å²) in [4.78, 5) is 12.6. The summed E-state index contributed by atoms with van der Waals surface area (Å²) in [7, 11) is 1.62. The van der Waals surface area contributed by atoms with E-state index in [9.17, 15) is 4.79 Å². The van der Waals surface area contributed by atoms with Gasteiger partial charge in [0.2, 0.25) is 0 Å². The molecule has 25 heavy (non-hydrogen) atoms. The molecule has 1 atom stereocenters. The Morgan fingerprint density at radius 3 is 2.56 bits per heavy atom. The van der Waals surface area contributed by atoms with E-state index in [1.807, 2.05) is 37.3 Å². The van der Waals surface area contributed by atoms with Gasteiger partial charge >= 0.3 is 0 Å². The Hall–Kier alpha value is -2.75. The average Bonchev–Trinajstić information content (AvgIpc) is 2.98. The molecule has 0 aliphatic carbocycles. The molecular formula is C21H23NO3. The predicted molar refractivity (Wildman–Crippen MR) is 101 cm³/mol. The summed E-state index contributed by atoms with van der Waals surface area (Å²) in [6.07, 6.45) is 1.09. The number of furan rings is 1. The van der Waals surface area contributed by atoms with Gasteiger partial charge in [0.1, 0.15) is 11.3 Å². The lowest BCUT2D eigenvalue weighted by Gasteiger charge is -2.10. The van der Waals surface area contributed by atoms with Crippen molar-refractivity contribution in [2.45, 2.75) is 33.1 Å². The van der Waals surface area contributed by atoms with Gasteiger partial charge in [-0.2, -0.15) is 0 Å². The molecule has 0 aliphatic rings. The molecule has 3 aromatic rings. The van der Waals surface area contributed by atoms with Crippen LogP contribution in [0.2, 0.25) is 0 Å². The Kier molecular flexibility index (Phi) is 4.79. The van der Waals surface area contributed by atoms with E-state index in [4.69, 9.17) is 9.15 Å². The predicted octanol–water partition coefficient (Wildman–Crippen LogP) is 5.52. The van der Waals surface area contributed by atoms with Gasteiger partial charge in [-0.05, 0) is 55.2 Å². The van der Waals surface area contributed by atoms with Gasteiger partial charge in [0, 0.05) is 16.6 Å². The molecule has 130 valence electrons. The molecule has 0 saturated heterocycles. The largest absolute Gasteiger partial charge is 0.497 e. The molecule has 1 aromatic heterocycles. The quantitative estimate of drug-likeness (QED) is 0.667. The number of nitrogens with one attached hydrogen (secondary N) is 1. The van der Waals surface area contributed by atoms with Crippen LogP contribution in [0.3, 0.4) is 0 Å². The van der Waals surface area contributed by atoms with Gasteiger partial charge in [-0.25, -0.2) is 0 Å². The van der Waals surface area contributed by atoms with E-state index in [-0.39, 0.29) is 5.91 Å². The zero-order valence-corrected chi connectivity index (χ0v) is 15.1. The van der Waals surface area contributed by atoms with Crippen LogP contribution in [0.4, 0.5) is 5.69 Å². The zero-order valence-electron chi connectivity index (χ0n) is 15.1. The van der Waals surface area contributed by atoms with E-state index in [1.54, 1.807) is 7.11 Å². The van der Waals surface area contributed by atoms with Crippen LogP contribution in [-0.2, 0) is 0 Å². The Morgan fingerprint density at radius 2 is 1.92 bits per heavy atom. The first-order chi connectivity index (χ1) is 12.0. The lowest BCUT2D eigenvalue weighted by molar-refractivity contribution is 0.0998. The Labute approximate surface area is 147 Å². The number of fused-ring (bicyclic) bond motifs is 1. The third kappa shape index (κ3) is 3.38. The maximum Gasteiger partial charge on any atom is 0.291 e. The minimum Gasteiger partial charge on any atom is -0.497 e. The zero-order chi connectivity index (χ0) is 18.0. The number of carbonyl (C=O) groups is 1. The molecular weight excluding hydrogens is 314 g/mol. The minimum absolute atomic E-state index is 0.246. The summed E-state index contributed by atoms with van der Waals surface area (Å²) >= 11 is 0. The second-order valence-electron chi connectivity index (χ2n) is 6.30. The average molecular weight is 337 g/mol. The van der Waals surface area contributed by atoms with Crippen molar-refractivity contribution in [2.24, 2.45) is 0 Å². The number of aryl methyl sites for hydroxylation is 1. The highest BCUT2D eigenvalue weighted by molar-refractivity contribution is 6.06. The molecule has 1 amide bonds. The molecule has 1 N–H and O–H groups in total. The first-order valence-electron chi connectivity index (χ1n) is 8.52. The van der Waals surface area contributed by atoms with Gasteiger partial charge in [-0.15, -0.1) is 0 Å². The first kappa shape index (κ1) is 17.1. The Morgan fingerprint density at radius 1 is 1.20 bits per heavy atom. The van der Waals surface area contributed by atoms with Gasteiger partial charge in [0.05, 0.1) is 7.11 Å². The van der Waals surface area contributed by atoms with Crippen molar-refractivity contribution in [2.75, 3.05) is 12.4 Å². The third-order valence-electron chi connectivity index (χ3n) is 4.70. The Balaban J connectivity index is 1.83. The van der Waals surface area contributed by atoms with E-state index in [0.29, 0.717) is 17.3 Å². The maximum absolute atomic E-state index is 12.6. The maximum atomic E-state index is 12.6. The van der Waals surface area contributed by atoms with E-state index >= 15 is 0 Å². The molecule has 4 nitrogen and oxygen atoms in total. The number of carbonyl (C=O) groups excluding carboxylic acids is 1. The number of anilines is 1.